The quantitative estimate of drug-likeness (QED) is 0.548. The average Bonchev–Trinajstić information content (AvgIpc) is 2.45. The van der Waals surface area contributed by atoms with Crippen LogP contribution >= 0.6 is 0 Å². The predicted octanol–water partition coefficient (Wildman–Crippen LogP) is -2.59. The van der Waals surface area contributed by atoms with Gasteiger partial charge >= 0.3 is 6.03 Å². The molecule has 2 aliphatic heterocycles. The molecule has 0 aromatic carbocycles. The highest BCUT2D eigenvalue weighted by Gasteiger charge is 2.47. The molecule has 20 heavy (non-hydrogen) atoms. The number of piperidine rings is 1. The maximum absolute atomic E-state index is 11.9. The summed E-state index contributed by atoms with van der Waals surface area (Å²) in [5.41, 5.74) is 0. The smallest absolute Gasteiger partial charge is 0.352 e. The number of carbonyl (C=O) groups is 3. The zero-order chi connectivity index (χ0) is 14.9. The summed E-state index contributed by atoms with van der Waals surface area (Å²) in [5, 5.41) is 11.9. The number of nitrogens with one attached hydrogen (secondary N) is 2. The van der Waals surface area contributed by atoms with Crippen molar-refractivity contribution in [2.24, 2.45) is 5.92 Å². The highest BCUT2D eigenvalue weighted by atomic mass is 16.2. The van der Waals surface area contributed by atoms with Crippen molar-refractivity contribution in [2.45, 2.75) is 18.9 Å². The molecule has 4 amide bonds. The molecule has 0 spiro atoms. The molecule has 0 aromatic rings. The van der Waals surface area contributed by atoms with Crippen LogP contribution in [0.1, 0.15) is 12.8 Å². The minimum atomic E-state index is -1.10. The SMILES string of the molecule is CN1C(=O)C(C#N)C(=[NH+]C2CCCNC2=O)N(C)C1=O. The van der Waals surface area contributed by atoms with Crippen molar-refractivity contribution in [3.8, 4) is 6.07 Å². The van der Waals surface area contributed by atoms with E-state index in [9.17, 15) is 14.4 Å². The first-order chi connectivity index (χ1) is 9.47. The number of carbonyl (C=O) groups excluding carboxylic acids is 3. The zero-order valence-electron chi connectivity index (χ0n) is 11.3. The largest absolute Gasteiger partial charge is 0.417 e. The van der Waals surface area contributed by atoms with Gasteiger partial charge in [-0.15, -0.1) is 0 Å². The second kappa shape index (κ2) is 5.28. The van der Waals surface area contributed by atoms with Crippen LogP contribution in [-0.2, 0) is 9.59 Å². The van der Waals surface area contributed by atoms with Crippen molar-refractivity contribution in [2.75, 3.05) is 20.6 Å². The number of imide groups is 1. The van der Waals surface area contributed by atoms with E-state index >= 15 is 0 Å². The Morgan fingerprint density at radius 1 is 1.30 bits per heavy atom. The molecule has 2 rings (SSSR count). The molecule has 2 heterocycles. The number of nitriles is 1. The van der Waals surface area contributed by atoms with Gasteiger partial charge in [0.05, 0.1) is 13.1 Å². The minimum absolute atomic E-state index is 0.169. The Morgan fingerprint density at radius 2 is 2.00 bits per heavy atom. The monoisotopic (exact) mass is 278 g/mol. The maximum Gasteiger partial charge on any atom is 0.417 e. The number of amidine groups is 1. The fourth-order valence-electron chi connectivity index (χ4n) is 2.31. The number of rotatable bonds is 1. The number of hydrogen-bond acceptors (Lipinski definition) is 4. The molecule has 8 nitrogen and oxygen atoms in total. The molecule has 2 unspecified atom stereocenters. The molecule has 106 valence electrons. The van der Waals surface area contributed by atoms with E-state index in [0.717, 1.165) is 11.3 Å². The van der Waals surface area contributed by atoms with E-state index in [4.69, 9.17) is 5.26 Å². The van der Waals surface area contributed by atoms with Crippen LogP contribution in [0.15, 0.2) is 0 Å². The third kappa shape index (κ3) is 2.22. The molecule has 2 aliphatic rings. The molecule has 0 bridgehead atoms. The Hall–Kier alpha value is -2.43. The third-order valence-electron chi connectivity index (χ3n) is 3.52. The highest BCUT2D eigenvalue weighted by molar-refractivity contribution is 6.17. The number of hydrogen-bond donors (Lipinski definition) is 2. The van der Waals surface area contributed by atoms with E-state index < -0.39 is 23.9 Å². The van der Waals surface area contributed by atoms with Gasteiger partial charge in [0.1, 0.15) is 0 Å². The normalized spacial score (nSPS) is 29.4. The molecular weight excluding hydrogens is 262 g/mol. The Labute approximate surface area is 116 Å². The molecule has 0 saturated carbocycles. The van der Waals surface area contributed by atoms with Gasteiger partial charge in [-0.2, -0.15) is 10.2 Å². The van der Waals surface area contributed by atoms with Crippen molar-refractivity contribution in [3.63, 3.8) is 0 Å². The van der Waals surface area contributed by atoms with Gasteiger partial charge in [-0.1, -0.05) is 0 Å². The van der Waals surface area contributed by atoms with Gasteiger partial charge in [-0.25, -0.2) is 9.69 Å². The summed E-state index contributed by atoms with van der Waals surface area (Å²) in [6, 6.07) is 0.819. The average molecular weight is 278 g/mol. The second-order valence-corrected chi connectivity index (χ2v) is 4.82. The van der Waals surface area contributed by atoms with Crippen LogP contribution in [0, 0.1) is 17.2 Å². The van der Waals surface area contributed by atoms with Gasteiger partial charge in [0.15, 0.2) is 6.04 Å². The van der Waals surface area contributed by atoms with Crippen LogP contribution in [0.3, 0.4) is 0 Å². The standard InChI is InChI=1S/C12H15N5O3/c1-16-9(15-8-4-3-5-14-10(8)18)7(6-13)11(19)17(2)12(16)20/h7-8H,3-5H2,1-2H3,(H,14,18)/p+1. The summed E-state index contributed by atoms with van der Waals surface area (Å²) in [4.78, 5) is 40.5. The van der Waals surface area contributed by atoms with Crippen molar-refractivity contribution in [1.82, 2.24) is 15.1 Å². The van der Waals surface area contributed by atoms with Gasteiger partial charge < -0.3 is 5.32 Å². The highest BCUT2D eigenvalue weighted by Crippen LogP contribution is 2.13. The molecule has 8 heteroatoms. The Morgan fingerprint density at radius 3 is 2.60 bits per heavy atom. The van der Waals surface area contributed by atoms with Crippen LogP contribution in [0.25, 0.3) is 0 Å². The lowest BCUT2D eigenvalue weighted by atomic mass is 10.0. The first-order valence-electron chi connectivity index (χ1n) is 6.33. The van der Waals surface area contributed by atoms with E-state index in [0.29, 0.717) is 13.0 Å². The first-order valence-corrected chi connectivity index (χ1v) is 6.33. The number of amides is 4. The fraction of sp³-hybridized carbons (Fsp3) is 0.583. The number of urea groups is 1. The maximum atomic E-state index is 11.9. The van der Waals surface area contributed by atoms with E-state index in [1.807, 2.05) is 6.07 Å². The van der Waals surface area contributed by atoms with Crippen LogP contribution in [0.2, 0.25) is 0 Å². The summed E-state index contributed by atoms with van der Waals surface area (Å²) < 4.78 is 0. The molecule has 2 saturated heterocycles. The van der Waals surface area contributed by atoms with Gasteiger partial charge in [0.25, 0.3) is 17.6 Å². The van der Waals surface area contributed by atoms with Gasteiger partial charge in [-0.3, -0.25) is 14.6 Å². The summed E-state index contributed by atoms with van der Waals surface area (Å²) in [7, 11) is 2.80. The molecule has 0 radical (unpaired) electrons. The van der Waals surface area contributed by atoms with E-state index in [-0.39, 0.29) is 11.7 Å². The number of nitrogens with zero attached hydrogens (tertiary/aromatic N) is 3. The second-order valence-electron chi connectivity index (χ2n) is 4.82. The fourth-order valence-corrected chi connectivity index (χ4v) is 2.31. The van der Waals surface area contributed by atoms with Crippen molar-refractivity contribution in [3.05, 3.63) is 0 Å². The summed E-state index contributed by atoms with van der Waals surface area (Å²) >= 11 is 0. The van der Waals surface area contributed by atoms with Crippen LogP contribution < -0.4 is 10.3 Å². The van der Waals surface area contributed by atoms with Crippen molar-refractivity contribution < 1.29 is 19.4 Å². The molecule has 2 N–H and O–H groups in total. The molecular formula is C12H16N5O3+. The van der Waals surface area contributed by atoms with E-state index in [2.05, 4.69) is 10.3 Å². The molecule has 0 aromatic heterocycles. The summed E-state index contributed by atoms with van der Waals surface area (Å²) in [6.45, 7) is 0.616. The minimum Gasteiger partial charge on any atom is -0.352 e. The Kier molecular flexibility index (Phi) is 3.70. The van der Waals surface area contributed by atoms with Crippen molar-refractivity contribution >= 4 is 23.7 Å². The Bertz CT molecular complexity index is 536. The lowest BCUT2D eigenvalue weighted by Crippen LogP contribution is -2.88. The predicted molar refractivity (Wildman–Crippen MR) is 67.0 cm³/mol. The van der Waals surface area contributed by atoms with E-state index in [1.165, 1.54) is 19.0 Å². The van der Waals surface area contributed by atoms with Crippen LogP contribution in [0.4, 0.5) is 4.79 Å². The third-order valence-corrected chi connectivity index (χ3v) is 3.52. The topological polar surface area (TPSA) is 107 Å². The van der Waals surface area contributed by atoms with Gasteiger partial charge in [0.2, 0.25) is 5.92 Å². The summed E-state index contributed by atoms with van der Waals surface area (Å²) in [5.74, 6) is -1.71. The van der Waals surface area contributed by atoms with Gasteiger partial charge in [0, 0.05) is 13.6 Å². The first kappa shape index (κ1) is 14.0. The summed E-state index contributed by atoms with van der Waals surface area (Å²) in [6.07, 6.45) is 1.40. The lowest BCUT2D eigenvalue weighted by Gasteiger charge is -2.28. The lowest BCUT2D eigenvalue weighted by molar-refractivity contribution is -0.496. The van der Waals surface area contributed by atoms with Crippen LogP contribution in [-0.4, -0.2) is 60.2 Å². The molecule has 2 atom stereocenters. The van der Waals surface area contributed by atoms with Crippen molar-refractivity contribution in [1.29, 1.82) is 5.26 Å². The van der Waals surface area contributed by atoms with Crippen LogP contribution in [0.5, 0.6) is 0 Å². The van der Waals surface area contributed by atoms with Gasteiger partial charge in [-0.05, 0) is 12.8 Å². The Balaban J connectivity index is 2.36. The molecule has 0 aliphatic carbocycles. The molecule has 2 fully saturated rings. The van der Waals surface area contributed by atoms with E-state index in [1.54, 1.807) is 0 Å². The zero-order valence-corrected chi connectivity index (χ0v) is 11.3.